The molecule has 1 amide bonds. The van der Waals surface area contributed by atoms with Crippen LogP contribution in [0.2, 0.25) is 0 Å². The van der Waals surface area contributed by atoms with Crippen molar-refractivity contribution in [2.45, 2.75) is 13.3 Å². The SMILES string of the molecule is CCc1cn[nH]c1NC(=O)c1cc2ccc(F)cc2s1. The lowest BCUT2D eigenvalue weighted by Gasteiger charge is -2.02. The van der Waals surface area contributed by atoms with Crippen molar-refractivity contribution < 1.29 is 9.18 Å². The van der Waals surface area contributed by atoms with Gasteiger partial charge in [0.15, 0.2) is 0 Å². The highest BCUT2D eigenvalue weighted by Crippen LogP contribution is 2.27. The van der Waals surface area contributed by atoms with Gasteiger partial charge in [0.2, 0.25) is 0 Å². The maximum Gasteiger partial charge on any atom is 0.266 e. The van der Waals surface area contributed by atoms with E-state index < -0.39 is 0 Å². The topological polar surface area (TPSA) is 57.8 Å². The number of nitrogens with zero attached hydrogens (tertiary/aromatic N) is 1. The quantitative estimate of drug-likeness (QED) is 0.774. The molecule has 0 aliphatic heterocycles. The van der Waals surface area contributed by atoms with Crippen molar-refractivity contribution in [1.82, 2.24) is 10.2 Å². The van der Waals surface area contributed by atoms with E-state index in [0.717, 1.165) is 22.1 Å². The number of aryl methyl sites for hydroxylation is 1. The van der Waals surface area contributed by atoms with E-state index in [2.05, 4.69) is 15.5 Å². The van der Waals surface area contributed by atoms with Gasteiger partial charge in [-0.3, -0.25) is 9.89 Å². The number of rotatable bonds is 3. The second-order valence-corrected chi connectivity index (χ2v) is 5.45. The number of aromatic nitrogens is 2. The monoisotopic (exact) mass is 289 g/mol. The number of hydrogen-bond acceptors (Lipinski definition) is 3. The largest absolute Gasteiger partial charge is 0.306 e. The molecule has 0 aliphatic rings. The molecule has 0 bridgehead atoms. The third-order valence-corrected chi connectivity index (χ3v) is 4.14. The minimum Gasteiger partial charge on any atom is -0.306 e. The molecule has 3 rings (SSSR count). The van der Waals surface area contributed by atoms with E-state index in [1.807, 2.05) is 6.92 Å². The van der Waals surface area contributed by atoms with Crippen LogP contribution in [0.15, 0.2) is 30.5 Å². The van der Waals surface area contributed by atoms with E-state index in [1.54, 1.807) is 18.3 Å². The molecule has 0 radical (unpaired) electrons. The summed E-state index contributed by atoms with van der Waals surface area (Å²) in [6.45, 7) is 1.99. The Morgan fingerprint density at radius 2 is 2.30 bits per heavy atom. The Bertz CT molecular complexity index is 778. The zero-order valence-electron chi connectivity index (χ0n) is 10.7. The van der Waals surface area contributed by atoms with Gasteiger partial charge in [-0.15, -0.1) is 11.3 Å². The zero-order valence-corrected chi connectivity index (χ0v) is 11.6. The third-order valence-electron chi connectivity index (χ3n) is 3.04. The van der Waals surface area contributed by atoms with Gasteiger partial charge in [0, 0.05) is 10.3 Å². The third kappa shape index (κ3) is 2.30. The summed E-state index contributed by atoms with van der Waals surface area (Å²) in [4.78, 5) is 12.7. The van der Waals surface area contributed by atoms with E-state index in [0.29, 0.717) is 10.7 Å². The number of benzene rings is 1. The fourth-order valence-corrected chi connectivity index (χ4v) is 2.96. The van der Waals surface area contributed by atoms with Crippen LogP contribution in [0.5, 0.6) is 0 Å². The fourth-order valence-electron chi connectivity index (χ4n) is 1.98. The molecule has 0 atom stereocenters. The number of H-pyrrole nitrogens is 1. The Morgan fingerprint density at radius 1 is 1.45 bits per heavy atom. The Labute approximate surface area is 118 Å². The van der Waals surface area contributed by atoms with E-state index in [4.69, 9.17) is 0 Å². The molecule has 2 N–H and O–H groups in total. The lowest BCUT2D eigenvalue weighted by atomic mass is 10.2. The van der Waals surface area contributed by atoms with E-state index in [1.165, 1.54) is 23.5 Å². The minimum absolute atomic E-state index is 0.217. The van der Waals surface area contributed by atoms with Crippen LogP contribution in [0.25, 0.3) is 10.1 Å². The Hall–Kier alpha value is -2.21. The molecule has 1 aromatic carbocycles. The predicted molar refractivity (Wildman–Crippen MR) is 77.7 cm³/mol. The van der Waals surface area contributed by atoms with Crippen molar-refractivity contribution in [3.05, 3.63) is 46.7 Å². The first-order valence-corrected chi connectivity index (χ1v) is 7.01. The highest BCUT2D eigenvalue weighted by atomic mass is 32.1. The maximum atomic E-state index is 13.1. The summed E-state index contributed by atoms with van der Waals surface area (Å²) in [5, 5.41) is 10.3. The molecule has 4 nitrogen and oxygen atoms in total. The first-order valence-electron chi connectivity index (χ1n) is 6.20. The number of amides is 1. The lowest BCUT2D eigenvalue weighted by Crippen LogP contribution is -2.11. The van der Waals surface area contributed by atoms with Crippen molar-refractivity contribution >= 4 is 33.1 Å². The van der Waals surface area contributed by atoms with Gasteiger partial charge in [-0.25, -0.2) is 4.39 Å². The van der Waals surface area contributed by atoms with Crippen molar-refractivity contribution in [2.75, 3.05) is 5.32 Å². The fraction of sp³-hybridized carbons (Fsp3) is 0.143. The van der Waals surface area contributed by atoms with E-state index in [-0.39, 0.29) is 11.7 Å². The average Bonchev–Trinajstić information content (AvgIpc) is 3.04. The summed E-state index contributed by atoms with van der Waals surface area (Å²) in [5.74, 6) is 0.0971. The minimum atomic E-state index is -0.298. The van der Waals surface area contributed by atoms with Gasteiger partial charge in [0.1, 0.15) is 11.6 Å². The number of fused-ring (bicyclic) bond motifs is 1. The van der Waals surface area contributed by atoms with Crippen LogP contribution in [0.4, 0.5) is 10.2 Å². The molecule has 102 valence electrons. The van der Waals surface area contributed by atoms with Crippen molar-refractivity contribution in [3.8, 4) is 0 Å². The van der Waals surface area contributed by atoms with Crippen LogP contribution in [-0.4, -0.2) is 16.1 Å². The van der Waals surface area contributed by atoms with Gasteiger partial charge in [-0.2, -0.15) is 5.10 Å². The number of carbonyl (C=O) groups excluding carboxylic acids is 1. The number of nitrogens with one attached hydrogen (secondary N) is 2. The van der Waals surface area contributed by atoms with Crippen LogP contribution >= 0.6 is 11.3 Å². The molecule has 0 fully saturated rings. The summed E-state index contributed by atoms with van der Waals surface area (Å²) in [6, 6.07) is 6.26. The first-order chi connectivity index (χ1) is 9.67. The highest BCUT2D eigenvalue weighted by Gasteiger charge is 2.13. The second kappa shape index (κ2) is 5.05. The number of thiophene rings is 1. The van der Waals surface area contributed by atoms with Crippen molar-refractivity contribution in [3.63, 3.8) is 0 Å². The van der Waals surface area contributed by atoms with Crippen molar-refractivity contribution in [1.29, 1.82) is 0 Å². The Kier molecular flexibility index (Phi) is 3.23. The summed E-state index contributed by atoms with van der Waals surface area (Å²) in [5.41, 5.74) is 0.950. The zero-order chi connectivity index (χ0) is 14.1. The molecule has 0 saturated heterocycles. The van der Waals surface area contributed by atoms with Crippen molar-refractivity contribution in [2.24, 2.45) is 0 Å². The molecule has 2 heterocycles. The van der Waals surface area contributed by atoms with Crippen LogP contribution in [0.1, 0.15) is 22.2 Å². The van der Waals surface area contributed by atoms with Crippen LogP contribution < -0.4 is 5.32 Å². The molecule has 0 unspecified atom stereocenters. The molecule has 3 aromatic rings. The van der Waals surface area contributed by atoms with E-state index in [9.17, 15) is 9.18 Å². The van der Waals surface area contributed by atoms with Crippen LogP contribution in [0, 0.1) is 5.82 Å². The Balaban J connectivity index is 1.89. The first kappa shape index (κ1) is 12.8. The standard InChI is InChI=1S/C14H12FN3OS/c1-2-8-7-16-18-13(8)17-14(19)12-5-9-3-4-10(15)6-11(9)20-12/h3-7H,2H2,1H3,(H2,16,17,18,19). The normalized spacial score (nSPS) is 10.9. The maximum absolute atomic E-state index is 13.1. The second-order valence-electron chi connectivity index (χ2n) is 4.37. The number of aromatic amines is 1. The Morgan fingerprint density at radius 3 is 3.10 bits per heavy atom. The van der Waals surface area contributed by atoms with Gasteiger partial charge in [0.05, 0.1) is 11.1 Å². The number of halogens is 1. The average molecular weight is 289 g/mol. The predicted octanol–water partition coefficient (Wildman–Crippen LogP) is 3.58. The molecule has 2 aromatic heterocycles. The van der Waals surface area contributed by atoms with Crippen LogP contribution in [-0.2, 0) is 6.42 Å². The summed E-state index contributed by atoms with van der Waals surface area (Å²) >= 11 is 1.27. The highest BCUT2D eigenvalue weighted by molar-refractivity contribution is 7.20. The molecule has 0 aliphatic carbocycles. The molecular formula is C14H12FN3OS. The summed E-state index contributed by atoms with van der Waals surface area (Å²) in [6.07, 6.45) is 2.47. The molecule has 0 spiro atoms. The number of carbonyl (C=O) groups is 1. The summed E-state index contributed by atoms with van der Waals surface area (Å²) < 4.78 is 13.9. The number of hydrogen-bond donors (Lipinski definition) is 2. The van der Waals surface area contributed by atoms with Gasteiger partial charge < -0.3 is 5.32 Å². The number of anilines is 1. The van der Waals surface area contributed by atoms with E-state index >= 15 is 0 Å². The smallest absolute Gasteiger partial charge is 0.266 e. The van der Waals surface area contributed by atoms with Gasteiger partial charge >= 0.3 is 0 Å². The van der Waals surface area contributed by atoms with Crippen LogP contribution in [0.3, 0.4) is 0 Å². The molecular weight excluding hydrogens is 277 g/mol. The van der Waals surface area contributed by atoms with Gasteiger partial charge in [-0.1, -0.05) is 13.0 Å². The molecule has 20 heavy (non-hydrogen) atoms. The lowest BCUT2D eigenvalue weighted by molar-refractivity contribution is 0.103. The summed E-state index contributed by atoms with van der Waals surface area (Å²) in [7, 11) is 0. The van der Waals surface area contributed by atoms with Gasteiger partial charge in [0.25, 0.3) is 5.91 Å². The molecule has 0 saturated carbocycles. The molecule has 6 heteroatoms. The van der Waals surface area contributed by atoms with Gasteiger partial charge in [-0.05, 0) is 30.0 Å².